The van der Waals surface area contributed by atoms with Gasteiger partial charge in [-0.25, -0.2) is 4.79 Å². The largest absolute Gasteiger partial charge is 0.462 e. The van der Waals surface area contributed by atoms with Gasteiger partial charge in [0.05, 0.1) is 11.1 Å². The number of ether oxygens (including phenoxy) is 1. The minimum atomic E-state index is -0.700. The molecule has 0 bridgehead atoms. The van der Waals surface area contributed by atoms with Crippen LogP contribution < -0.4 is 0 Å². The van der Waals surface area contributed by atoms with Gasteiger partial charge in [-0.15, -0.1) is 0 Å². The number of furan rings is 1. The second-order valence-corrected chi connectivity index (χ2v) is 4.99. The van der Waals surface area contributed by atoms with E-state index in [9.17, 15) is 4.79 Å². The minimum absolute atomic E-state index is 0.162. The number of carbonyl (C=O) groups excluding carboxylic acids is 1. The van der Waals surface area contributed by atoms with Crippen LogP contribution in [-0.2, 0) is 9.53 Å². The van der Waals surface area contributed by atoms with Crippen molar-refractivity contribution in [3.63, 3.8) is 0 Å². The lowest BCUT2D eigenvalue weighted by Crippen LogP contribution is -2.05. The van der Waals surface area contributed by atoms with Crippen LogP contribution in [-0.4, -0.2) is 12.6 Å². The summed E-state index contributed by atoms with van der Waals surface area (Å²) in [4.78, 5) is 14.3. The molecule has 6 nitrogen and oxygen atoms in total. The van der Waals surface area contributed by atoms with E-state index in [2.05, 4.69) is 26.0 Å². The molecule has 2 aromatic rings. The lowest BCUT2D eigenvalue weighted by Gasteiger charge is -2.00. The lowest BCUT2D eigenvalue weighted by molar-refractivity contribution is -0.138. The van der Waals surface area contributed by atoms with Crippen molar-refractivity contribution in [1.82, 2.24) is 0 Å². The number of halogens is 1. The van der Waals surface area contributed by atoms with Crippen molar-refractivity contribution in [3.05, 3.63) is 62.8 Å². The van der Waals surface area contributed by atoms with Crippen LogP contribution in [0, 0.1) is 0 Å². The SMILES string of the molecule is CCOC(=O)/C(=C/c1cc(Br)c(-c2ccccc2)o1)N=[N+]=[N-]. The maximum absolute atomic E-state index is 11.7. The number of hydrogen-bond acceptors (Lipinski definition) is 4. The monoisotopic (exact) mass is 361 g/mol. The Kier molecular flexibility index (Phi) is 5.41. The third-order valence-corrected chi connectivity index (χ3v) is 3.25. The second kappa shape index (κ2) is 7.49. The molecule has 0 fully saturated rings. The first-order valence-corrected chi connectivity index (χ1v) is 7.23. The van der Waals surface area contributed by atoms with Crippen LogP contribution in [0.2, 0.25) is 0 Å². The van der Waals surface area contributed by atoms with E-state index >= 15 is 0 Å². The smallest absolute Gasteiger partial charge is 0.340 e. The van der Waals surface area contributed by atoms with Gasteiger partial charge < -0.3 is 9.15 Å². The molecule has 1 aromatic carbocycles. The van der Waals surface area contributed by atoms with Crippen molar-refractivity contribution in [2.24, 2.45) is 5.11 Å². The summed E-state index contributed by atoms with van der Waals surface area (Å²) in [5.41, 5.74) is 9.26. The van der Waals surface area contributed by atoms with E-state index in [0.29, 0.717) is 11.5 Å². The quantitative estimate of drug-likeness (QED) is 0.249. The molecule has 0 saturated heterocycles. The lowest BCUT2D eigenvalue weighted by atomic mass is 10.2. The summed E-state index contributed by atoms with van der Waals surface area (Å²) < 4.78 is 11.2. The van der Waals surface area contributed by atoms with Crippen LogP contribution in [0.3, 0.4) is 0 Å². The molecule has 0 N–H and O–H groups in total. The van der Waals surface area contributed by atoms with Gasteiger partial charge in [0.1, 0.15) is 17.2 Å². The standard InChI is InChI=1S/C15H12BrN3O3/c1-2-21-15(20)13(18-19-17)9-11-8-12(16)14(22-11)10-6-4-3-5-7-10/h3-9H,2H2,1H3/b13-9-. The molecular formula is C15H12BrN3O3. The Bertz CT molecular complexity index is 747. The maximum Gasteiger partial charge on any atom is 0.340 e. The summed E-state index contributed by atoms with van der Waals surface area (Å²) in [6.45, 7) is 1.86. The average Bonchev–Trinajstić information content (AvgIpc) is 2.88. The van der Waals surface area contributed by atoms with Crippen LogP contribution in [0.5, 0.6) is 0 Å². The normalized spacial score (nSPS) is 10.9. The molecule has 0 amide bonds. The Balaban J connectivity index is 2.39. The summed E-state index contributed by atoms with van der Waals surface area (Å²) in [5, 5.41) is 3.34. The van der Waals surface area contributed by atoms with Crippen LogP contribution in [0.4, 0.5) is 0 Å². The van der Waals surface area contributed by atoms with E-state index in [1.807, 2.05) is 30.3 Å². The molecule has 0 unspecified atom stereocenters. The number of azide groups is 1. The third kappa shape index (κ3) is 3.78. The highest BCUT2D eigenvalue weighted by Crippen LogP contribution is 2.32. The van der Waals surface area contributed by atoms with Crippen molar-refractivity contribution in [2.75, 3.05) is 6.61 Å². The first-order chi connectivity index (χ1) is 10.7. The Morgan fingerprint density at radius 1 is 1.45 bits per heavy atom. The van der Waals surface area contributed by atoms with E-state index in [1.54, 1.807) is 13.0 Å². The number of benzene rings is 1. The van der Waals surface area contributed by atoms with E-state index in [4.69, 9.17) is 14.7 Å². The van der Waals surface area contributed by atoms with Gasteiger partial charge in [0.25, 0.3) is 0 Å². The van der Waals surface area contributed by atoms with E-state index in [0.717, 1.165) is 10.0 Å². The topological polar surface area (TPSA) is 88.2 Å². The molecule has 22 heavy (non-hydrogen) atoms. The fourth-order valence-electron chi connectivity index (χ4n) is 1.76. The van der Waals surface area contributed by atoms with Crippen LogP contribution in [0.1, 0.15) is 12.7 Å². The van der Waals surface area contributed by atoms with Crippen LogP contribution in [0.15, 0.2) is 56.1 Å². The zero-order valence-corrected chi connectivity index (χ0v) is 13.3. The maximum atomic E-state index is 11.7. The Hall–Kier alpha value is -2.50. The van der Waals surface area contributed by atoms with Gasteiger partial charge in [0, 0.05) is 10.5 Å². The van der Waals surface area contributed by atoms with E-state index < -0.39 is 5.97 Å². The summed E-state index contributed by atoms with van der Waals surface area (Å²) >= 11 is 3.41. The van der Waals surface area contributed by atoms with Crippen molar-refractivity contribution >= 4 is 28.0 Å². The second-order valence-electron chi connectivity index (χ2n) is 4.13. The Morgan fingerprint density at radius 2 is 2.18 bits per heavy atom. The van der Waals surface area contributed by atoms with Crippen LogP contribution in [0.25, 0.3) is 27.8 Å². The minimum Gasteiger partial charge on any atom is -0.462 e. The summed E-state index contributed by atoms with van der Waals surface area (Å²) in [7, 11) is 0. The Morgan fingerprint density at radius 3 is 2.82 bits per heavy atom. The summed E-state index contributed by atoms with van der Waals surface area (Å²) in [5.74, 6) is 0.297. The molecular weight excluding hydrogens is 350 g/mol. The van der Waals surface area contributed by atoms with Gasteiger partial charge in [-0.1, -0.05) is 35.4 Å². The highest BCUT2D eigenvalue weighted by Gasteiger charge is 2.13. The van der Waals surface area contributed by atoms with Crippen LogP contribution >= 0.6 is 15.9 Å². The van der Waals surface area contributed by atoms with Gasteiger partial charge in [-0.3, -0.25) is 0 Å². The van der Waals surface area contributed by atoms with Crippen molar-refractivity contribution < 1.29 is 13.9 Å². The van der Waals surface area contributed by atoms with Crippen molar-refractivity contribution in [1.29, 1.82) is 0 Å². The molecule has 0 aliphatic heterocycles. The molecule has 0 aliphatic rings. The zero-order valence-electron chi connectivity index (χ0n) is 11.7. The number of esters is 1. The first-order valence-electron chi connectivity index (χ1n) is 6.44. The molecule has 0 saturated carbocycles. The van der Waals surface area contributed by atoms with E-state index in [1.165, 1.54) is 6.08 Å². The number of nitrogens with zero attached hydrogens (tertiary/aromatic N) is 3. The summed E-state index contributed by atoms with van der Waals surface area (Å²) in [6, 6.07) is 11.2. The molecule has 7 heteroatoms. The zero-order chi connectivity index (χ0) is 15.9. The molecule has 0 radical (unpaired) electrons. The van der Waals surface area contributed by atoms with Crippen molar-refractivity contribution in [3.8, 4) is 11.3 Å². The third-order valence-electron chi connectivity index (χ3n) is 2.66. The molecule has 112 valence electrons. The van der Waals surface area contributed by atoms with Gasteiger partial charge in [0.2, 0.25) is 0 Å². The fourth-order valence-corrected chi connectivity index (χ4v) is 2.30. The van der Waals surface area contributed by atoms with Gasteiger partial charge in [-0.2, -0.15) is 0 Å². The molecule has 2 rings (SSSR count). The number of rotatable bonds is 5. The van der Waals surface area contributed by atoms with Crippen molar-refractivity contribution in [2.45, 2.75) is 6.92 Å². The molecule has 1 aromatic heterocycles. The van der Waals surface area contributed by atoms with Gasteiger partial charge >= 0.3 is 5.97 Å². The molecule has 1 heterocycles. The highest BCUT2D eigenvalue weighted by atomic mass is 79.9. The number of carbonyl (C=O) groups is 1. The summed E-state index contributed by atoms with van der Waals surface area (Å²) in [6.07, 6.45) is 1.34. The highest BCUT2D eigenvalue weighted by molar-refractivity contribution is 9.10. The molecule has 0 spiro atoms. The fraction of sp³-hybridized carbons (Fsp3) is 0.133. The average molecular weight is 362 g/mol. The predicted octanol–water partition coefficient (Wildman–Crippen LogP) is 4.92. The van der Waals surface area contributed by atoms with Gasteiger partial charge in [0.15, 0.2) is 0 Å². The Labute approximate surface area is 135 Å². The molecule has 0 aliphatic carbocycles. The van der Waals surface area contributed by atoms with E-state index in [-0.39, 0.29) is 12.3 Å². The first kappa shape index (κ1) is 15.9. The molecule has 0 atom stereocenters. The predicted molar refractivity (Wildman–Crippen MR) is 85.6 cm³/mol. The van der Waals surface area contributed by atoms with Gasteiger partial charge in [-0.05, 0) is 40.5 Å². The number of hydrogen-bond donors (Lipinski definition) is 0.